The van der Waals surface area contributed by atoms with Gasteiger partial charge in [-0.15, -0.1) is 0 Å². The van der Waals surface area contributed by atoms with E-state index in [0.29, 0.717) is 0 Å². The van der Waals surface area contributed by atoms with Crippen molar-refractivity contribution in [2.75, 3.05) is 0 Å². The van der Waals surface area contributed by atoms with Crippen molar-refractivity contribution in [3.63, 3.8) is 0 Å². The molecule has 0 saturated heterocycles. The smallest absolute Gasteiger partial charge is 0.234 e. The summed E-state index contributed by atoms with van der Waals surface area (Å²) in [7, 11) is 2.10. The molecule has 1 heterocycles. The molecule has 0 fully saturated rings. The minimum Gasteiger partial charge on any atom is -0.234 e. The molecule has 3 aromatic carbocycles. The number of nitrogens with zero attached hydrogens (tertiary/aromatic N) is 2. The summed E-state index contributed by atoms with van der Waals surface area (Å²) in [5, 5.41) is 0. The lowest BCUT2D eigenvalue weighted by atomic mass is 9.99. The van der Waals surface area contributed by atoms with Gasteiger partial charge in [-0.1, -0.05) is 78.4 Å². The van der Waals surface area contributed by atoms with Crippen LogP contribution in [0.4, 0.5) is 0 Å². The summed E-state index contributed by atoms with van der Waals surface area (Å²) in [6.45, 7) is 4.26. The van der Waals surface area contributed by atoms with Crippen molar-refractivity contribution < 1.29 is 4.57 Å². The van der Waals surface area contributed by atoms with E-state index in [1.807, 2.05) is 6.07 Å². The third kappa shape index (κ3) is 3.39. The van der Waals surface area contributed by atoms with Crippen molar-refractivity contribution in [3.8, 4) is 33.8 Å². The minimum atomic E-state index is 0.980. The van der Waals surface area contributed by atoms with Crippen LogP contribution in [0, 0.1) is 13.8 Å². The van der Waals surface area contributed by atoms with E-state index in [-0.39, 0.29) is 0 Å². The second-order valence-corrected chi connectivity index (χ2v) is 6.98. The highest BCUT2D eigenvalue weighted by Crippen LogP contribution is 2.31. The monoisotopic (exact) mass is 351 g/mol. The molecule has 0 aliphatic carbocycles. The summed E-state index contributed by atoms with van der Waals surface area (Å²) in [4.78, 5) is 5.10. The Bertz CT molecular complexity index is 1080. The summed E-state index contributed by atoms with van der Waals surface area (Å²) in [5.41, 5.74) is 9.08. The van der Waals surface area contributed by atoms with Gasteiger partial charge in [0, 0.05) is 11.1 Å². The van der Waals surface area contributed by atoms with Crippen LogP contribution >= 0.6 is 0 Å². The fraction of sp³-hybridized carbons (Fsp3) is 0.120. The Morgan fingerprint density at radius 2 is 1.37 bits per heavy atom. The van der Waals surface area contributed by atoms with E-state index in [1.165, 1.54) is 16.7 Å². The molecular weight excluding hydrogens is 328 g/mol. The molecule has 1 aromatic heterocycles. The molecule has 0 aliphatic rings. The largest absolute Gasteiger partial charge is 0.239 e. The molecule has 27 heavy (non-hydrogen) atoms. The first-order valence-electron chi connectivity index (χ1n) is 9.22. The van der Waals surface area contributed by atoms with E-state index >= 15 is 0 Å². The van der Waals surface area contributed by atoms with Crippen LogP contribution in [0.5, 0.6) is 0 Å². The molecule has 2 heteroatoms. The van der Waals surface area contributed by atoms with Gasteiger partial charge in [0.1, 0.15) is 18.4 Å². The lowest BCUT2D eigenvalue weighted by molar-refractivity contribution is -0.659. The van der Waals surface area contributed by atoms with Gasteiger partial charge in [-0.05, 0) is 25.5 Å². The van der Waals surface area contributed by atoms with Gasteiger partial charge in [0.05, 0.1) is 5.56 Å². The zero-order valence-electron chi connectivity index (χ0n) is 16.0. The van der Waals surface area contributed by atoms with E-state index in [1.54, 1.807) is 0 Å². The molecule has 0 unspecified atom stereocenters. The van der Waals surface area contributed by atoms with E-state index < -0.39 is 0 Å². The maximum Gasteiger partial charge on any atom is 0.239 e. The highest BCUT2D eigenvalue weighted by atomic mass is 15.0. The predicted molar refractivity (Wildman–Crippen MR) is 111 cm³/mol. The highest BCUT2D eigenvalue weighted by Gasteiger charge is 2.22. The first kappa shape index (κ1) is 17.2. The number of aromatic nitrogens is 2. The highest BCUT2D eigenvalue weighted by molar-refractivity contribution is 5.78. The molecule has 0 saturated carbocycles. The Hall–Kier alpha value is -3.26. The fourth-order valence-corrected chi connectivity index (χ4v) is 3.43. The molecule has 0 radical (unpaired) electrons. The summed E-state index contributed by atoms with van der Waals surface area (Å²) in [5.74, 6) is 0. The van der Waals surface area contributed by atoms with Crippen LogP contribution < -0.4 is 4.57 Å². The van der Waals surface area contributed by atoms with Crippen molar-refractivity contribution in [3.05, 3.63) is 96.2 Å². The summed E-state index contributed by atoms with van der Waals surface area (Å²) < 4.78 is 2.20. The molecular formula is C25H23N2+. The molecule has 2 nitrogen and oxygen atoms in total. The fourth-order valence-electron chi connectivity index (χ4n) is 3.43. The zero-order chi connectivity index (χ0) is 18.8. The van der Waals surface area contributed by atoms with Gasteiger partial charge in [-0.25, -0.2) is 4.98 Å². The third-order valence-corrected chi connectivity index (χ3v) is 4.92. The van der Waals surface area contributed by atoms with Crippen LogP contribution in [0.2, 0.25) is 0 Å². The molecule has 0 spiro atoms. The van der Waals surface area contributed by atoms with Gasteiger partial charge in [0.15, 0.2) is 6.20 Å². The van der Waals surface area contributed by atoms with E-state index in [9.17, 15) is 0 Å². The van der Waals surface area contributed by atoms with Crippen LogP contribution in [-0.4, -0.2) is 4.98 Å². The second-order valence-electron chi connectivity index (χ2n) is 6.98. The van der Waals surface area contributed by atoms with Crippen molar-refractivity contribution in [2.45, 2.75) is 13.8 Å². The standard InChI is InChI=1S/C25H23N2/c1-18-13-15-20(16-14-18)23-17-27(3)25(22-12-8-7-9-19(22)2)24(26-23)21-10-5-4-6-11-21/h4-17H,1-3H3/q+1. The van der Waals surface area contributed by atoms with Crippen LogP contribution in [0.3, 0.4) is 0 Å². The number of benzene rings is 3. The number of hydrogen-bond donors (Lipinski definition) is 0. The SMILES string of the molecule is Cc1ccc(-c2c[n+](C)c(-c3ccccc3C)c(-c3ccccc3)n2)cc1. The molecule has 0 N–H and O–H groups in total. The first-order chi connectivity index (χ1) is 13.1. The lowest BCUT2D eigenvalue weighted by Gasteiger charge is -2.11. The molecule has 4 rings (SSSR count). The van der Waals surface area contributed by atoms with Gasteiger partial charge in [0.2, 0.25) is 5.69 Å². The van der Waals surface area contributed by atoms with Crippen LogP contribution in [-0.2, 0) is 7.05 Å². The Labute approximate surface area is 160 Å². The molecule has 0 aliphatic heterocycles. The van der Waals surface area contributed by atoms with Crippen molar-refractivity contribution in [1.82, 2.24) is 4.98 Å². The molecule has 0 atom stereocenters. The summed E-state index contributed by atoms with van der Waals surface area (Å²) >= 11 is 0. The van der Waals surface area contributed by atoms with E-state index in [0.717, 1.165) is 28.2 Å². The quantitative estimate of drug-likeness (QED) is 0.444. The van der Waals surface area contributed by atoms with Crippen LogP contribution in [0.25, 0.3) is 33.8 Å². The van der Waals surface area contributed by atoms with Gasteiger partial charge in [0.25, 0.3) is 0 Å². The van der Waals surface area contributed by atoms with Crippen molar-refractivity contribution >= 4 is 0 Å². The Balaban J connectivity index is 1.99. The molecule has 4 aromatic rings. The Kier molecular flexibility index (Phi) is 4.55. The topological polar surface area (TPSA) is 16.8 Å². The van der Waals surface area contributed by atoms with Crippen LogP contribution in [0.1, 0.15) is 11.1 Å². The van der Waals surface area contributed by atoms with E-state index in [2.05, 4.69) is 104 Å². The molecule has 0 bridgehead atoms. The first-order valence-corrected chi connectivity index (χ1v) is 9.22. The molecule has 0 amide bonds. The predicted octanol–water partition coefficient (Wildman–Crippen LogP) is 5.52. The number of hydrogen-bond acceptors (Lipinski definition) is 1. The van der Waals surface area contributed by atoms with Gasteiger partial charge in [-0.3, -0.25) is 0 Å². The zero-order valence-corrected chi connectivity index (χ0v) is 16.0. The summed E-state index contributed by atoms with van der Waals surface area (Å²) in [6, 6.07) is 27.5. The second kappa shape index (κ2) is 7.16. The average molecular weight is 351 g/mol. The normalized spacial score (nSPS) is 10.8. The van der Waals surface area contributed by atoms with Crippen molar-refractivity contribution in [2.24, 2.45) is 7.05 Å². The van der Waals surface area contributed by atoms with E-state index in [4.69, 9.17) is 4.98 Å². The third-order valence-electron chi connectivity index (χ3n) is 4.92. The van der Waals surface area contributed by atoms with Gasteiger partial charge < -0.3 is 0 Å². The Morgan fingerprint density at radius 1 is 0.704 bits per heavy atom. The molecule has 132 valence electrons. The van der Waals surface area contributed by atoms with Crippen LogP contribution in [0.15, 0.2) is 85.1 Å². The number of rotatable bonds is 3. The van der Waals surface area contributed by atoms with Crippen molar-refractivity contribution in [1.29, 1.82) is 0 Å². The lowest BCUT2D eigenvalue weighted by Crippen LogP contribution is -2.32. The average Bonchev–Trinajstić information content (AvgIpc) is 2.69. The Morgan fingerprint density at radius 3 is 2.07 bits per heavy atom. The minimum absolute atomic E-state index is 0.980. The maximum atomic E-state index is 5.10. The van der Waals surface area contributed by atoms with Gasteiger partial charge >= 0.3 is 0 Å². The summed E-state index contributed by atoms with van der Waals surface area (Å²) in [6.07, 6.45) is 2.12. The number of aryl methyl sites for hydroxylation is 3. The maximum absolute atomic E-state index is 5.10. The van der Waals surface area contributed by atoms with Gasteiger partial charge in [-0.2, -0.15) is 4.57 Å².